The number of rotatable bonds is 7. The Morgan fingerprint density at radius 1 is 1.30 bits per heavy atom. The predicted octanol–water partition coefficient (Wildman–Crippen LogP) is 3.38. The SMILES string of the molecule is CCNC(=O)c1[nH]c2ccc(C)cc2c1CCCC(=O)C(F)F. The lowest BCUT2D eigenvalue weighted by atomic mass is 10.0. The number of carbonyl (C=O) groups excluding carboxylic acids is 2. The van der Waals surface area contributed by atoms with Gasteiger partial charge in [0.15, 0.2) is 5.78 Å². The Morgan fingerprint density at radius 3 is 2.70 bits per heavy atom. The zero-order valence-corrected chi connectivity index (χ0v) is 13.2. The molecule has 1 heterocycles. The van der Waals surface area contributed by atoms with Crippen LogP contribution in [0.4, 0.5) is 8.78 Å². The normalized spacial score (nSPS) is 11.2. The number of nitrogens with one attached hydrogen (secondary N) is 2. The average molecular weight is 322 g/mol. The van der Waals surface area contributed by atoms with Crippen LogP contribution in [0.3, 0.4) is 0 Å². The molecule has 23 heavy (non-hydrogen) atoms. The Hall–Kier alpha value is -2.24. The smallest absolute Gasteiger partial charge is 0.295 e. The van der Waals surface area contributed by atoms with Gasteiger partial charge in [0, 0.05) is 23.9 Å². The van der Waals surface area contributed by atoms with Crippen molar-refractivity contribution in [3.8, 4) is 0 Å². The third-order valence-corrected chi connectivity index (χ3v) is 3.72. The summed E-state index contributed by atoms with van der Waals surface area (Å²) in [5.74, 6) is -1.28. The van der Waals surface area contributed by atoms with Crippen molar-refractivity contribution in [1.29, 1.82) is 0 Å². The minimum Gasteiger partial charge on any atom is -0.351 e. The van der Waals surface area contributed by atoms with Crippen molar-refractivity contribution in [2.45, 2.75) is 39.5 Å². The van der Waals surface area contributed by atoms with Gasteiger partial charge in [-0.2, -0.15) is 0 Å². The van der Waals surface area contributed by atoms with Crippen molar-refractivity contribution in [2.24, 2.45) is 0 Å². The number of halogens is 2. The molecule has 1 amide bonds. The number of alkyl halides is 2. The summed E-state index contributed by atoms with van der Waals surface area (Å²) >= 11 is 0. The second-order valence-electron chi connectivity index (χ2n) is 5.51. The third-order valence-electron chi connectivity index (χ3n) is 3.72. The summed E-state index contributed by atoms with van der Waals surface area (Å²) in [7, 11) is 0. The van der Waals surface area contributed by atoms with Gasteiger partial charge in [-0.25, -0.2) is 8.78 Å². The fraction of sp³-hybridized carbons (Fsp3) is 0.412. The standard InChI is InChI=1S/C17H20F2N2O2/c1-3-20-17(23)15-11(5-4-6-14(22)16(18)19)12-9-10(2)7-8-13(12)21-15/h7-9,16,21H,3-6H2,1-2H3,(H,20,23). The van der Waals surface area contributed by atoms with Crippen LogP contribution in [0, 0.1) is 6.92 Å². The lowest BCUT2D eigenvalue weighted by Gasteiger charge is -2.05. The van der Waals surface area contributed by atoms with E-state index >= 15 is 0 Å². The lowest BCUT2D eigenvalue weighted by molar-refractivity contribution is -0.129. The molecule has 0 aliphatic carbocycles. The van der Waals surface area contributed by atoms with E-state index in [0.29, 0.717) is 18.7 Å². The van der Waals surface area contributed by atoms with Gasteiger partial charge >= 0.3 is 0 Å². The summed E-state index contributed by atoms with van der Waals surface area (Å²) in [6, 6.07) is 5.78. The Morgan fingerprint density at radius 2 is 2.04 bits per heavy atom. The monoisotopic (exact) mass is 322 g/mol. The fourth-order valence-electron chi connectivity index (χ4n) is 2.61. The minimum absolute atomic E-state index is 0.189. The van der Waals surface area contributed by atoms with Crippen LogP contribution in [0.15, 0.2) is 18.2 Å². The number of hydrogen-bond acceptors (Lipinski definition) is 2. The first-order valence-electron chi connectivity index (χ1n) is 7.64. The van der Waals surface area contributed by atoms with E-state index in [1.807, 2.05) is 32.0 Å². The molecule has 2 N–H and O–H groups in total. The molecular formula is C17H20F2N2O2. The van der Waals surface area contributed by atoms with Gasteiger partial charge in [-0.3, -0.25) is 9.59 Å². The number of aromatic nitrogens is 1. The zero-order chi connectivity index (χ0) is 17.0. The van der Waals surface area contributed by atoms with Gasteiger partial charge in [0.1, 0.15) is 5.69 Å². The molecule has 0 radical (unpaired) electrons. The van der Waals surface area contributed by atoms with E-state index in [0.717, 1.165) is 22.0 Å². The number of benzene rings is 1. The first kappa shape index (κ1) is 17.1. The molecule has 0 aliphatic rings. The predicted molar refractivity (Wildman–Crippen MR) is 85.0 cm³/mol. The molecule has 2 rings (SSSR count). The number of amides is 1. The highest BCUT2D eigenvalue weighted by molar-refractivity contribution is 6.01. The molecule has 1 aromatic heterocycles. The minimum atomic E-state index is -2.93. The molecule has 6 heteroatoms. The highest BCUT2D eigenvalue weighted by Gasteiger charge is 2.19. The maximum atomic E-state index is 12.3. The Bertz CT molecular complexity index is 723. The number of ketones is 1. The van der Waals surface area contributed by atoms with Crippen molar-refractivity contribution in [2.75, 3.05) is 6.54 Å². The van der Waals surface area contributed by atoms with Gasteiger partial charge in [0.05, 0.1) is 0 Å². The van der Waals surface area contributed by atoms with Gasteiger partial charge in [-0.15, -0.1) is 0 Å². The van der Waals surface area contributed by atoms with Crippen LogP contribution in [0.1, 0.15) is 41.4 Å². The molecule has 1 aromatic carbocycles. The molecule has 0 unspecified atom stereocenters. The quantitative estimate of drug-likeness (QED) is 0.821. The fourth-order valence-corrected chi connectivity index (χ4v) is 2.61. The average Bonchev–Trinajstić information content (AvgIpc) is 2.85. The van der Waals surface area contributed by atoms with Gasteiger partial charge in [-0.05, 0) is 44.4 Å². The van der Waals surface area contributed by atoms with E-state index in [4.69, 9.17) is 0 Å². The maximum absolute atomic E-state index is 12.3. The van der Waals surface area contributed by atoms with Crippen molar-refractivity contribution in [1.82, 2.24) is 10.3 Å². The molecule has 2 aromatic rings. The van der Waals surface area contributed by atoms with E-state index in [2.05, 4.69) is 10.3 Å². The Labute approximate surface area is 133 Å². The van der Waals surface area contributed by atoms with Crippen LogP contribution in [0.25, 0.3) is 10.9 Å². The summed E-state index contributed by atoms with van der Waals surface area (Å²) < 4.78 is 24.6. The van der Waals surface area contributed by atoms with Crippen molar-refractivity contribution < 1.29 is 18.4 Å². The van der Waals surface area contributed by atoms with E-state index < -0.39 is 12.2 Å². The number of H-pyrrole nitrogens is 1. The van der Waals surface area contributed by atoms with Crippen molar-refractivity contribution in [3.63, 3.8) is 0 Å². The lowest BCUT2D eigenvalue weighted by Crippen LogP contribution is -2.24. The van der Waals surface area contributed by atoms with E-state index in [-0.39, 0.29) is 18.7 Å². The number of aryl methyl sites for hydroxylation is 2. The second kappa shape index (κ2) is 7.35. The van der Waals surface area contributed by atoms with Crippen LogP contribution in [-0.2, 0) is 11.2 Å². The summed E-state index contributed by atoms with van der Waals surface area (Å²) in [6.45, 7) is 4.27. The highest BCUT2D eigenvalue weighted by atomic mass is 19.3. The first-order chi connectivity index (χ1) is 10.9. The summed E-state index contributed by atoms with van der Waals surface area (Å²) in [4.78, 5) is 26.4. The Balaban J connectivity index is 2.30. The highest BCUT2D eigenvalue weighted by Crippen LogP contribution is 2.25. The van der Waals surface area contributed by atoms with Gasteiger partial charge in [-0.1, -0.05) is 11.6 Å². The number of carbonyl (C=O) groups is 2. The van der Waals surface area contributed by atoms with Gasteiger partial charge in [0.2, 0.25) is 0 Å². The molecular weight excluding hydrogens is 302 g/mol. The molecule has 0 atom stereocenters. The largest absolute Gasteiger partial charge is 0.351 e. The number of aromatic amines is 1. The second-order valence-corrected chi connectivity index (χ2v) is 5.51. The van der Waals surface area contributed by atoms with Crippen molar-refractivity contribution >= 4 is 22.6 Å². The van der Waals surface area contributed by atoms with Gasteiger partial charge < -0.3 is 10.3 Å². The van der Waals surface area contributed by atoms with E-state index in [9.17, 15) is 18.4 Å². The number of hydrogen-bond donors (Lipinski definition) is 2. The molecule has 124 valence electrons. The van der Waals surface area contributed by atoms with Gasteiger partial charge in [0.25, 0.3) is 12.3 Å². The van der Waals surface area contributed by atoms with E-state index in [1.54, 1.807) is 0 Å². The molecule has 0 spiro atoms. The summed E-state index contributed by atoms with van der Waals surface area (Å²) in [6.07, 6.45) is -2.43. The molecule has 0 bridgehead atoms. The van der Waals surface area contributed by atoms with Crippen LogP contribution in [0.5, 0.6) is 0 Å². The van der Waals surface area contributed by atoms with Crippen LogP contribution in [0.2, 0.25) is 0 Å². The number of Topliss-reactive ketones (excluding diaryl/α,β-unsaturated/α-hetero) is 1. The first-order valence-corrected chi connectivity index (χ1v) is 7.64. The molecule has 0 fully saturated rings. The molecule has 4 nitrogen and oxygen atoms in total. The maximum Gasteiger partial charge on any atom is 0.295 e. The third kappa shape index (κ3) is 3.94. The topological polar surface area (TPSA) is 62.0 Å². The summed E-state index contributed by atoms with van der Waals surface area (Å²) in [5.41, 5.74) is 3.09. The molecule has 0 saturated heterocycles. The summed E-state index contributed by atoms with van der Waals surface area (Å²) in [5, 5.41) is 3.64. The molecule has 0 aliphatic heterocycles. The van der Waals surface area contributed by atoms with Crippen LogP contribution < -0.4 is 5.32 Å². The van der Waals surface area contributed by atoms with Crippen LogP contribution >= 0.6 is 0 Å². The zero-order valence-electron chi connectivity index (χ0n) is 13.2. The van der Waals surface area contributed by atoms with Crippen LogP contribution in [-0.4, -0.2) is 29.6 Å². The Kier molecular flexibility index (Phi) is 5.47. The van der Waals surface area contributed by atoms with Crippen molar-refractivity contribution in [3.05, 3.63) is 35.0 Å². The molecule has 0 saturated carbocycles. The van der Waals surface area contributed by atoms with E-state index in [1.165, 1.54) is 0 Å². The number of fused-ring (bicyclic) bond motifs is 1.